The molecular weight excluding hydrogens is 308 g/mol. The number of pyridine rings is 1. The molecule has 2 N–H and O–H groups in total. The van der Waals surface area contributed by atoms with E-state index in [0.717, 1.165) is 25.8 Å². The van der Waals surface area contributed by atoms with Crippen molar-refractivity contribution >= 4 is 38.2 Å². The van der Waals surface area contributed by atoms with E-state index < -0.39 is 0 Å². The number of hydrogen-bond donors (Lipinski definition) is 1. The monoisotopic (exact) mass is 318 g/mol. The maximum absolute atomic E-state index is 6.38. The number of fused-ring (bicyclic) bond motifs is 1. The predicted octanol–water partition coefficient (Wildman–Crippen LogP) is 4.11. The summed E-state index contributed by atoms with van der Waals surface area (Å²) in [5.41, 5.74) is 8.48. The van der Waals surface area contributed by atoms with Crippen LogP contribution in [0, 0.1) is 0 Å². The zero-order chi connectivity index (χ0) is 12.5. The van der Waals surface area contributed by atoms with E-state index in [0.29, 0.717) is 0 Å². The van der Waals surface area contributed by atoms with Crippen LogP contribution in [0.2, 0.25) is 0 Å². The highest BCUT2D eigenvalue weighted by Gasteiger charge is 2.15. The number of aromatic nitrogens is 1. The minimum absolute atomic E-state index is 0.118. The van der Waals surface area contributed by atoms with E-state index in [-0.39, 0.29) is 6.04 Å². The van der Waals surface area contributed by atoms with Gasteiger partial charge in [0.25, 0.3) is 0 Å². The van der Waals surface area contributed by atoms with E-state index in [1.807, 2.05) is 29.6 Å². The number of rotatable bonds is 2. The van der Waals surface area contributed by atoms with Crippen LogP contribution in [0.3, 0.4) is 0 Å². The lowest BCUT2D eigenvalue weighted by molar-refractivity contribution is 0.898. The third kappa shape index (κ3) is 1.96. The standard InChI is InChI=1S/C14H11BrN2S/c15-11-6-8-18-14(11)13(16)10-3-1-5-12-9(10)4-2-7-17-12/h1-8,13H,16H2. The average molecular weight is 319 g/mol. The molecular formula is C14H11BrN2S. The summed E-state index contributed by atoms with van der Waals surface area (Å²) in [6, 6.07) is 12.0. The molecule has 1 atom stereocenters. The molecule has 1 unspecified atom stereocenters. The lowest BCUT2D eigenvalue weighted by Gasteiger charge is -2.13. The summed E-state index contributed by atoms with van der Waals surface area (Å²) < 4.78 is 1.07. The van der Waals surface area contributed by atoms with E-state index in [9.17, 15) is 0 Å². The lowest BCUT2D eigenvalue weighted by Crippen LogP contribution is -2.11. The number of nitrogens with zero attached hydrogens (tertiary/aromatic N) is 1. The fraction of sp³-hybridized carbons (Fsp3) is 0.0714. The summed E-state index contributed by atoms with van der Waals surface area (Å²) >= 11 is 5.21. The van der Waals surface area contributed by atoms with Crippen LogP contribution in [0.25, 0.3) is 10.9 Å². The molecule has 0 spiro atoms. The molecule has 0 aliphatic rings. The number of halogens is 1. The molecule has 3 rings (SSSR count). The normalized spacial score (nSPS) is 12.8. The van der Waals surface area contributed by atoms with E-state index in [2.05, 4.69) is 33.0 Å². The molecule has 0 amide bonds. The first-order valence-electron chi connectivity index (χ1n) is 5.59. The van der Waals surface area contributed by atoms with Crippen LogP contribution in [0.5, 0.6) is 0 Å². The Labute approximate surface area is 118 Å². The Hall–Kier alpha value is -1.23. The Kier molecular flexibility index (Phi) is 3.16. The fourth-order valence-corrected chi connectivity index (χ4v) is 3.71. The predicted molar refractivity (Wildman–Crippen MR) is 79.8 cm³/mol. The molecule has 90 valence electrons. The lowest BCUT2D eigenvalue weighted by atomic mass is 10.0. The van der Waals surface area contributed by atoms with Gasteiger partial charge in [0.2, 0.25) is 0 Å². The highest BCUT2D eigenvalue weighted by atomic mass is 79.9. The van der Waals surface area contributed by atoms with Gasteiger partial charge < -0.3 is 5.73 Å². The molecule has 0 fully saturated rings. The van der Waals surface area contributed by atoms with Gasteiger partial charge in [-0.05, 0) is 45.1 Å². The molecule has 2 nitrogen and oxygen atoms in total. The van der Waals surface area contributed by atoms with Gasteiger partial charge in [0.05, 0.1) is 11.6 Å². The van der Waals surface area contributed by atoms with Crippen molar-refractivity contribution in [2.45, 2.75) is 6.04 Å². The summed E-state index contributed by atoms with van der Waals surface area (Å²) in [7, 11) is 0. The second kappa shape index (κ2) is 4.80. The van der Waals surface area contributed by atoms with Crippen molar-refractivity contribution in [3.05, 3.63) is 62.9 Å². The largest absolute Gasteiger partial charge is 0.320 e. The van der Waals surface area contributed by atoms with Crippen molar-refractivity contribution in [1.82, 2.24) is 4.98 Å². The molecule has 4 heteroatoms. The van der Waals surface area contributed by atoms with Crippen molar-refractivity contribution in [2.24, 2.45) is 5.73 Å². The summed E-state index contributed by atoms with van der Waals surface area (Å²) in [6.07, 6.45) is 1.80. The zero-order valence-electron chi connectivity index (χ0n) is 9.51. The summed E-state index contributed by atoms with van der Waals surface area (Å²) in [4.78, 5) is 5.51. The molecule has 2 heterocycles. The van der Waals surface area contributed by atoms with E-state index >= 15 is 0 Å². The van der Waals surface area contributed by atoms with Crippen molar-refractivity contribution in [3.63, 3.8) is 0 Å². The van der Waals surface area contributed by atoms with Crippen molar-refractivity contribution in [3.8, 4) is 0 Å². The third-order valence-electron chi connectivity index (χ3n) is 2.94. The Morgan fingerprint density at radius 1 is 1.17 bits per heavy atom. The molecule has 0 saturated heterocycles. The molecule has 0 aliphatic heterocycles. The first-order chi connectivity index (χ1) is 8.77. The van der Waals surface area contributed by atoms with Gasteiger partial charge in [-0.2, -0.15) is 0 Å². The molecule has 1 aromatic carbocycles. The first-order valence-corrected chi connectivity index (χ1v) is 7.27. The quantitative estimate of drug-likeness (QED) is 0.772. The van der Waals surface area contributed by atoms with E-state index in [1.54, 1.807) is 17.5 Å². The molecule has 0 aliphatic carbocycles. The Morgan fingerprint density at radius 3 is 2.83 bits per heavy atom. The highest BCUT2D eigenvalue weighted by Crippen LogP contribution is 2.34. The average Bonchev–Trinajstić information content (AvgIpc) is 2.83. The van der Waals surface area contributed by atoms with Crippen LogP contribution >= 0.6 is 27.3 Å². The Bertz CT molecular complexity index is 688. The summed E-state index contributed by atoms with van der Waals surface area (Å²) in [5, 5.41) is 3.16. The molecule has 0 radical (unpaired) electrons. The van der Waals surface area contributed by atoms with Crippen LogP contribution in [0.4, 0.5) is 0 Å². The van der Waals surface area contributed by atoms with Crippen LogP contribution in [-0.2, 0) is 0 Å². The van der Waals surface area contributed by atoms with E-state index in [4.69, 9.17) is 5.73 Å². The fourth-order valence-electron chi connectivity index (χ4n) is 2.07. The molecule has 2 aromatic heterocycles. The van der Waals surface area contributed by atoms with Gasteiger partial charge in [0.1, 0.15) is 0 Å². The molecule has 0 saturated carbocycles. The smallest absolute Gasteiger partial charge is 0.0705 e. The summed E-state index contributed by atoms with van der Waals surface area (Å²) in [5.74, 6) is 0. The van der Waals surface area contributed by atoms with Gasteiger partial charge in [-0.15, -0.1) is 11.3 Å². The van der Waals surface area contributed by atoms with Gasteiger partial charge >= 0.3 is 0 Å². The number of thiophene rings is 1. The van der Waals surface area contributed by atoms with Crippen molar-refractivity contribution in [2.75, 3.05) is 0 Å². The highest BCUT2D eigenvalue weighted by molar-refractivity contribution is 9.10. The van der Waals surface area contributed by atoms with Gasteiger partial charge in [-0.1, -0.05) is 18.2 Å². The van der Waals surface area contributed by atoms with Crippen molar-refractivity contribution in [1.29, 1.82) is 0 Å². The van der Waals surface area contributed by atoms with Gasteiger partial charge in [0.15, 0.2) is 0 Å². The second-order valence-corrected chi connectivity index (χ2v) is 5.83. The number of benzene rings is 1. The van der Waals surface area contributed by atoms with Gasteiger partial charge in [-0.3, -0.25) is 4.98 Å². The van der Waals surface area contributed by atoms with Gasteiger partial charge in [-0.25, -0.2) is 0 Å². The van der Waals surface area contributed by atoms with Crippen molar-refractivity contribution < 1.29 is 0 Å². The zero-order valence-corrected chi connectivity index (χ0v) is 11.9. The maximum atomic E-state index is 6.38. The summed E-state index contributed by atoms with van der Waals surface area (Å²) in [6.45, 7) is 0. The second-order valence-electron chi connectivity index (χ2n) is 4.03. The number of nitrogens with two attached hydrogens (primary N) is 1. The Morgan fingerprint density at radius 2 is 2.06 bits per heavy atom. The van der Waals surface area contributed by atoms with Crippen LogP contribution in [0.15, 0.2) is 52.4 Å². The third-order valence-corrected chi connectivity index (χ3v) is 4.90. The van der Waals surface area contributed by atoms with Crippen LogP contribution < -0.4 is 5.73 Å². The van der Waals surface area contributed by atoms with Gasteiger partial charge in [0, 0.05) is 20.9 Å². The van der Waals surface area contributed by atoms with E-state index in [1.165, 1.54) is 0 Å². The molecule has 0 bridgehead atoms. The number of hydrogen-bond acceptors (Lipinski definition) is 3. The topological polar surface area (TPSA) is 38.9 Å². The minimum atomic E-state index is -0.118. The molecule has 18 heavy (non-hydrogen) atoms. The van der Waals surface area contributed by atoms with Crippen LogP contribution in [-0.4, -0.2) is 4.98 Å². The minimum Gasteiger partial charge on any atom is -0.320 e. The SMILES string of the molecule is NC(c1sccc1Br)c1cccc2ncccc12. The first kappa shape index (κ1) is 11.8. The maximum Gasteiger partial charge on any atom is 0.0705 e. The Balaban J connectivity index is 2.18. The molecule has 3 aromatic rings. The van der Waals surface area contributed by atoms with Crippen LogP contribution in [0.1, 0.15) is 16.5 Å².